The third kappa shape index (κ3) is 28.5. The van der Waals surface area contributed by atoms with Gasteiger partial charge in [0.05, 0.1) is 13.2 Å². The summed E-state index contributed by atoms with van der Waals surface area (Å²) < 4.78 is 5.84. The van der Waals surface area contributed by atoms with Crippen LogP contribution in [0.25, 0.3) is 0 Å². The zero-order valence-corrected chi connectivity index (χ0v) is 28.8. The minimum absolute atomic E-state index is 0.139. The van der Waals surface area contributed by atoms with Gasteiger partial charge in [-0.2, -0.15) is 0 Å². The summed E-state index contributed by atoms with van der Waals surface area (Å²) in [5.41, 5.74) is 0. The van der Waals surface area contributed by atoms with Crippen LogP contribution < -0.4 is 10.6 Å². The number of carbonyl (C=O) groups excluding carboxylic acids is 3. The lowest BCUT2D eigenvalue weighted by atomic mass is 10.1. The van der Waals surface area contributed by atoms with Gasteiger partial charge in [0.2, 0.25) is 11.8 Å². The molecule has 2 unspecified atom stereocenters. The number of carboxylic acid groups (broad SMARTS) is 1. The predicted molar refractivity (Wildman–Crippen MR) is 185 cm³/mol. The van der Waals surface area contributed by atoms with Gasteiger partial charge in [-0.1, -0.05) is 121 Å². The molecule has 0 heterocycles. The van der Waals surface area contributed by atoms with Gasteiger partial charge in [0, 0.05) is 12.8 Å². The summed E-state index contributed by atoms with van der Waals surface area (Å²) in [5.74, 6) is -2.44. The van der Waals surface area contributed by atoms with Crippen molar-refractivity contribution in [1.29, 1.82) is 0 Å². The summed E-state index contributed by atoms with van der Waals surface area (Å²) in [7, 11) is 0. The Morgan fingerprint density at radius 2 is 1.22 bits per heavy atom. The first-order chi connectivity index (χ1) is 22.3. The van der Waals surface area contributed by atoms with Gasteiger partial charge in [-0.25, -0.2) is 4.79 Å². The lowest BCUT2D eigenvalue weighted by Gasteiger charge is -2.15. The molecule has 2 atom stereocenters. The van der Waals surface area contributed by atoms with Crippen LogP contribution in [0, 0.1) is 0 Å². The standard InChI is InChI=1S/C37H64N2O7/c1-3-5-7-9-11-13-14-15-17-19-25-29-36(43)46-32(26-22-18-16-12-10-8-6-4-2)27-23-20-21-24-28-34(41)38-30-35(42)39-33(31-40)37(44)45/h6,8,12,16,22,26,32-33,40H,3-5,7,9-11,13-15,17-21,23-25,27-31H2,1-2H3,(H,38,41)(H,39,42)(H,44,45)/b8-6-,16-12-,26-22-. The smallest absolute Gasteiger partial charge is 0.328 e. The van der Waals surface area contributed by atoms with Crippen LogP contribution >= 0.6 is 0 Å². The molecular weight excluding hydrogens is 584 g/mol. The number of hydrogen-bond acceptors (Lipinski definition) is 6. The zero-order valence-electron chi connectivity index (χ0n) is 28.8. The number of hydrogen-bond donors (Lipinski definition) is 4. The molecule has 9 heteroatoms. The van der Waals surface area contributed by atoms with Gasteiger partial charge in [-0.3, -0.25) is 14.4 Å². The van der Waals surface area contributed by atoms with Gasteiger partial charge in [0.25, 0.3) is 0 Å². The predicted octanol–water partition coefficient (Wildman–Crippen LogP) is 7.48. The fourth-order valence-corrected chi connectivity index (χ4v) is 4.88. The van der Waals surface area contributed by atoms with Crippen molar-refractivity contribution < 1.29 is 34.1 Å². The first-order valence-corrected chi connectivity index (χ1v) is 17.9. The molecule has 0 aromatic heterocycles. The number of ether oxygens (including phenoxy) is 1. The molecule has 0 saturated carbocycles. The number of carboxylic acids is 1. The first kappa shape index (κ1) is 43.1. The lowest BCUT2D eigenvalue weighted by Crippen LogP contribution is -2.47. The molecule has 0 saturated heterocycles. The van der Waals surface area contributed by atoms with Gasteiger partial charge in [-0.05, 0) is 51.0 Å². The molecule has 0 fully saturated rings. The maximum Gasteiger partial charge on any atom is 0.328 e. The Balaban J connectivity index is 4.38. The second-order valence-corrected chi connectivity index (χ2v) is 11.9. The Bertz CT molecular complexity index is 885. The van der Waals surface area contributed by atoms with Crippen molar-refractivity contribution in [3.63, 3.8) is 0 Å². The quantitative estimate of drug-likeness (QED) is 0.0347. The van der Waals surface area contributed by atoms with Gasteiger partial charge in [0.15, 0.2) is 0 Å². The molecule has 0 aliphatic carbocycles. The van der Waals surface area contributed by atoms with E-state index in [1.165, 1.54) is 57.8 Å². The second-order valence-electron chi connectivity index (χ2n) is 11.9. The molecular formula is C37H64N2O7. The van der Waals surface area contributed by atoms with Crippen LogP contribution in [0.1, 0.15) is 149 Å². The van der Waals surface area contributed by atoms with E-state index in [0.717, 1.165) is 57.8 Å². The van der Waals surface area contributed by atoms with Crippen LogP contribution in [0.15, 0.2) is 36.5 Å². The van der Waals surface area contributed by atoms with E-state index in [-0.39, 0.29) is 30.9 Å². The van der Waals surface area contributed by atoms with Crippen LogP contribution in [0.4, 0.5) is 0 Å². The molecule has 2 amide bonds. The van der Waals surface area contributed by atoms with Gasteiger partial charge in [-0.15, -0.1) is 0 Å². The molecule has 264 valence electrons. The van der Waals surface area contributed by atoms with E-state index in [1.807, 2.05) is 6.08 Å². The molecule has 9 nitrogen and oxygen atoms in total. The van der Waals surface area contributed by atoms with Gasteiger partial charge in [0.1, 0.15) is 12.1 Å². The summed E-state index contributed by atoms with van der Waals surface area (Å²) in [6, 6.07) is -1.39. The van der Waals surface area contributed by atoms with Crippen LogP contribution in [0.3, 0.4) is 0 Å². The van der Waals surface area contributed by atoms with E-state index in [9.17, 15) is 19.2 Å². The van der Waals surface area contributed by atoms with Crippen molar-refractivity contribution in [3.8, 4) is 0 Å². The molecule has 0 aliphatic rings. The average molecular weight is 649 g/mol. The number of esters is 1. The highest BCUT2D eigenvalue weighted by molar-refractivity contribution is 5.87. The fourth-order valence-electron chi connectivity index (χ4n) is 4.88. The number of allylic oxidation sites excluding steroid dienone is 5. The SMILES string of the molecule is CC/C=C\C/C=C\C/C=C\C(CCCCCCC(=O)NCC(=O)NC(CO)C(=O)O)OC(=O)CCCCCCCCCCCCC. The van der Waals surface area contributed by atoms with E-state index in [4.69, 9.17) is 14.9 Å². The number of aliphatic hydroxyl groups is 1. The number of amides is 2. The highest BCUT2D eigenvalue weighted by Gasteiger charge is 2.18. The van der Waals surface area contributed by atoms with E-state index in [1.54, 1.807) is 0 Å². The minimum Gasteiger partial charge on any atom is -0.480 e. The van der Waals surface area contributed by atoms with Crippen molar-refractivity contribution in [1.82, 2.24) is 10.6 Å². The number of rotatable bonds is 31. The molecule has 0 bridgehead atoms. The van der Waals surface area contributed by atoms with E-state index in [2.05, 4.69) is 54.9 Å². The Hall–Kier alpha value is -2.94. The van der Waals surface area contributed by atoms with Gasteiger partial charge >= 0.3 is 11.9 Å². The number of nitrogens with one attached hydrogen (secondary N) is 2. The van der Waals surface area contributed by atoms with E-state index < -0.39 is 24.5 Å². The maximum absolute atomic E-state index is 12.6. The summed E-state index contributed by atoms with van der Waals surface area (Å²) >= 11 is 0. The summed E-state index contributed by atoms with van der Waals surface area (Å²) in [5, 5.41) is 22.4. The average Bonchev–Trinajstić information content (AvgIpc) is 3.03. The molecule has 0 spiro atoms. The topological polar surface area (TPSA) is 142 Å². The summed E-state index contributed by atoms with van der Waals surface area (Å²) in [4.78, 5) is 47.2. The summed E-state index contributed by atoms with van der Waals surface area (Å²) in [6.45, 7) is 3.29. The van der Waals surface area contributed by atoms with Gasteiger partial charge < -0.3 is 25.6 Å². The second kappa shape index (κ2) is 32.0. The van der Waals surface area contributed by atoms with E-state index >= 15 is 0 Å². The van der Waals surface area contributed by atoms with Crippen molar-refractivity contribution in [2.75, 3.05) is 13.2 Å². The maximum atomic E-state index is 12.6. The lowest BCUT2D eigenvalue weighted by molar-refractivity contribution is -0.147. The molecule has 0 radical (unpaired) electrons. The zero-order chi connectivity index (χ0) is 34.1. The van der Waals surface area contributed by atoms with Crippen LogP contribution in [-0.4, -0.2) is 59.3 Å². The molecule has 0 aromatic carbocycles. The Morgan fingerprint density at radius 1 is 0.674 bits per heavy atom. The third-order valence-corrected chi connectivity index (χ3v) is 7.64. The van der Waals surface area contributed by atoms with Crippen LogP contribution in [0.2, 0.25) is 0 Å². The Kier molecular flexibility index (Phi) is 30.0. The first-order valence-electron chi connectivity index (χ1n) is 17.9. The molecule has 0 aromatic rings. The molecule has 0 rings (SSSR count). The monoisotopic (exact) mass is 648 g/mol. The number of carbonyl (C=O) groups is 4. The van der Waals surface area contributed by atoms with Crippen molar-refractivity contribution >= 4 is 23.8 Å². The fraction of sp³-hybridized carbons (Fsp3) is 0.730. The number of aliphatic carboxylic acids is 1. The van der Waals surface area contributed by atoms with Crippen molar-refractivity contribution in [2.24, 2.45) is 0 Å². The molecule has 46 heavy (non-hydrogen) atoms. The van der Waals surface area contributed by atoms with Crippen LogP contribution in [0.5, 0.6) is 0 Å². The van der Waals surface area contributed by atoms with Crippen LogP contribution in [-0.2, 0) is 23.9 Å². The third-order valence-electron chi connectivity index (χ3n) is 7.64. The highest BCUT2D eigenvalue weighted by Crippen LogP contribution is 2.15. The summed E-state index contributed by atoms with van der Waals surface area (Å²) in [6.07, 6.45) is 33.4. The number of aliphatic hydroxyl groups excluding tert-OH is 1. The Morgan fingerprint density at radius 3 is 1.80 bits per heavy atom. The normalized spacial score (nSPS) is 12.9. The highest BCUT2D eigenvalue weighted by atomic mass is 16.5. The molecule has 0 aliphatic heterocycles. The van der Waals surface area contributed by atoms with Crippen molar-refractivity contribution in [2.45, 2.75) is 161 Å². The largest absolute Gasteiger partial charge is 0.480 e. The Labute approximate surface area is 278 Å². The minimum atomic E-state index is -1.39. The number of unbranched alkanes of at least 4 members (excludes halogenated alkanes) is 13. The van der Waals surface area contributed by atoms with E-state index in [0.29, 0.717) is 12.8 Å². The molecule has 4 N–H and O–H groups in total. The van der Waals surface area contributed by atoms with Crippen molar-refractivity contribution in [3.05, 3.63) is 36.5 Å².